The van der Waals surface area contributed by atoms with Gasteiger partial charge in [-0.3, -0.25) is 4.79 Å². The smallest absolute Gasteiger partial charge is 0.342 e. The van der Waals surface area contributed by atoms with E-state index in [2.05, 4.69) is 0 Å². The van der Waals surface area contributed by atoms with Crippen LogP contribution in [0.25, 0.3) is 6.08 Å². The zero-order valence-corrected chi connectivity index (χ0v) is 15.2. The topological polar surface area (TPSA) is 104 Å². The van der Waals surface area contributed by atoms with Crippen LogP contribution in [0.1, 0.15) is 36.2 Å². The number of hydrogen-bond donors (Lipinski definition) is 3. The summed E-state index contributed by atoms with van der Waals surface area (Å²) in [5.41, 5.74) is 0.261. The fourth-order valence-electron chi connectivity index (χ4n) is 2.46. The maximum atomic E-state index is 12.5. The van der Waals surface area contributed by atoms with Crippen LogP contribution in [0.4, 0.5) is 0 Å². The Bertz CT molecular complexity index is 755. The number of cyclic esters (lactones) is 1. The molecule has 0 fully saturated rings. The summed E-state index contributed by atoms with van der Waals surface area (Å²) in [5.74, 6) is -2.01. The molecule has 0 aliphatic carbocycles. The van der Waals surface area contributed by atoms with Crippen molar-refractivity contribution in [2.45, 2.75) is 38.6 Å². The summed E-state index contributed by atoms with van der Waals surface area (Å²) >= 11 is 5.94. The largest absolute Gasteiger partial charge is 0.507 e. The third kappa shape index (κ3) is 4.72. The van der Waals surface area contributed by atoms with Crippen molar-refractivity contribution in [3.8, 4) is 5.75 Å². The summed E-state index contributed by atoms with van der Waals surface area (Å²) in [5, 5.41) is 30.2. The Morgan fingerprint density at radius 2 is 1.85 bits per heavy atom. The molecule has 26 heavy (non-hydrogen) atoms. The minimum Gasteiger partial charge on any atom is -0.507 e. The van der Waals surface area contributed by atoms with Crippen molar-refractivity contribution in [1.82, 2.24) is 0 Å². The second-order valence-electron chi connectivity index (χ2n) is 6.27. The second kappa shape index (κ2) is 8.49. The number of phenolic OH excluding ortho intramolecular Hbond substituents is 1. The molecule has 0 spiro atoms. The van der Waals surface area contributed by atoms with Gasteiger partial charge in [0.15, 0.2) is 5.78 Å². The Balaban J connectivity index is 2.48. The van der Waals surface area contributed by atoms with Crippen LogP contribution in [0.5, 0.6) is 5.75 Å². The summed E-state index contributed by atoms with van der Waals surface area (Å²) < 4.78 is 5.39. The molecule has 0 unspecified atom stereocenters. The average Bonchev–Trinajstić information content (AvgIpc) is 2.56. The van der Waals surface area contributed by atoms with Gasteiger partial charge in [0.25, 0.3) is 0 Å². The Kier molecular flexibility index (Phi) is 6.58. The van der Waals surface area contributed by atoms with Crippen LogP contribution in [0.3, 0.4) is 0 Å². The van der Waals surface area contributed by atoms with Gasteiger partial charge in [0.05, 0.1) is 6.10 Å². The SMILES string of the molecule is C[C@@H]1/C=C\C(=O)[C@@H](O)[C@@H](O)C/C=C/c2cc(Cl)cc(O)c2C(=O)O[C@H]1C. The molecule has 0 saturated carbocycles. The highest BCUT2D eigenvalue weighted by molar-refractivity contribution is 6.31. The van der Waals surface area contributed by atoms with Gasteiger partial charge in [-0.15, -0.1) is 0 Å². The van der Waals surface area contributed by atoms with Gasteiger partial charge >= 0.3 is 5.97 Å². The lowest BCUT2D eigenvalue weighted by Gasteiger charge is -2.20. The number of aromatic hydroxyl groups is 1. The molecular weight excluding hydrogens is 360 g/mol. The standard InChI is InChI=1S/C19H21ClO6/c1-10-6-7-15(22)18(24)14(21)5-3-4-12-8-13(20)9-16(23)17(12)19(25)26-11(10)2/h3-4,6-11,14,18,21,23-24H,5H2,1-2H3/b4-3+,7-6-/t10-,11+,14+,18+/m1/s1. The molecular formula is C19H21ClO6. The highest BCUT2D eigenvalue weighted by Crippen LogP contribution is 2.29. The first kappa shape index (κ1) is 20.2. The number of halogens is 1. The lowest BCUT2D eigenvalue weighted by molar-refractivity contribution is -0.127. The summed E-state index contributed by atoms with van der Waals surface area (Å²) in [4.78, 5) is 24.4. The molecule has 7 heteroatoms. The minimum atomic E-state index is -1.56. The van der Waals surface area contributed by atoms with Crippen LogP contribution >= 0.6 is 11.6 Å². The quantitative estimate of drug-likeness (QED) is 0.597. The fraction of sp³-hybridized carbons (Fsp3) is 0.368. The number of aliphatic hydroxyl groups excluding tert-OH is 2. The summed E-state index contributed by atoms with van der Waals surface area (Å²) in [6.45, 7) is 3.38. The maximum absolute atomic E-state index is 12.5. The molecule has 4 atom stereocenters. The molecule has 1 aromatic carbocycles. The number of carbonyl (C=O) groups excluding carboxylic acids is 2. The lowest BCUT2D eigenvalue weighted by Crippen LogP contribution is -2.32. The van der Waals surface area contributed by atoms with Crippen molar-refractivity contribution < 1.29 is 29.6 Å². The number of aliphatic hydroxyl groups is 2. The van der Waals surface area contributed by atoms with E-state index in [0.29, 0.717) is 5.56 Å². The van der Waals surface area contributed by atoms with Crippen molar-refractivity contribution in [1.29, 1.82) is 0 Å². The van der Waals surface area contributed by atoms with E-state index in [0.717, 1.165) is 0 Å². The third-order valence-electron chi connectivity index (χ3n) is 4.25. The van der Waals surface area contributed by atoms with Crippen LogP contribution in [-0.2, 0) is 9.53 Å². The predicted octanol–water partition coefficient (Wildman–Crippen LogP) is 2.49. The Labute approximate surface area is 156 Å². The van der Waals surface area contributed by atoms with E-state index in [1.54, 1.807) is 13.8 Å². The first-order valence-corrected chi connectivity index (χ1v) is 8.56. The Hall–Kier alpha value is -2.15. The van der Waals surface area contributed by atoms with E-state index in [9.17, 15) is 24.9 Å². The number of carbonyl (C=O) groups is 2. The first-order valence-electron chi connectivity index (χ1n) is 8.19. The van der Waals surface area contributed by atoms with E-state index in [1.807, 2.05) is 0 Å². The zero-order valence-electron chi connectivity index (χ0n) is 14.4. The van der Waals surface area contributed by atoms with Crippen molar-refractivity contribution in [3.05, 3.63) is 46.5 Å². The number of fused-ring (bicyclic) bond motifs is 1. The predicted molar refractivity (Wildman–Crippen MR) is 97.0 cm³/mol. The van der Waals surface area contributed by atoms with Crippen molar-refractivity contribution in [2.24, 2.45) is 5.92 Å². The number of esters is 1. The molecule has 3 N–H and O–H groups in total. The highest BCUT2D eigenvalue weighted by atomic mass is 35.5. The molecule has 0 bridgehead atoms. The number of benzene rings is 1. The van der Waals surface area contributed by atoms with Crippen molar-refractivity contribution >= 4 is 29.4 Å². The van der Waals surface area contributed by atoms with Crippen LogP contribution in [0.2, 0.25) is 5.02 Å². The Morgan fingerprint density at radius 3 is 2.54 bits per heavy atom. The van der Waals surface area contributed by atoms with Gasteiger partial charge in [-0.05, 0) is 37.1 Å². The maximum Gasteiger partial charge on any atom is 0.342 e. The van der Waals surface area contributed by atoms with Gasteiger partial charge in [-0.2, -0.15) is 0 Å². The van der Waals surface area contributed by atoms with Crippen LogP contribution < -0.4 is 0 Å². The molecule has 140 valence electrons. The van der Waals surface area contributed by atoms with E-state index in [4.69, 9.17) is 16.3 Å². The van der Waals surface area contributed by atoms with E-state index in [-0.39, 0.29) is 28.7 Å². The van der Waals surface area contributed by atoms with Crippen LogP contribution in [0.15, 0.2) is 30.4 Å². The Morgan fingerprint density at radius 1 is 1.15 bits per heavy atom. The lowest BCUT2D eigenvalue weighted by atomic mass is 10.00. The summed E-state index contributed by atoms with van der Waals surface area (Å²) in [6.07, 6.45) is 2.13. The van der Waals surface area contributed by atoms with E-state index >= 15 is 0 Å². The number of hydrogen-bond acceptors (Lipinski definition) is 6. The molecule has 6 nitrogen and oxygen atoms in total. The first-order chi connectivity index (χ1) is 12.2. The molecule has 1 heterocycles. The third-order valence-corrected chi connectivity index (χ3v) is 4.46. The normalized spacial score (nSPS) is 30.0. The van der Waals surface area contributed by atoms with Gasteiger partial charge in [0.1, 0.15) is 23.5 Å². The molecule has 0 amide bonds. The molecule has 0 aromatic heterocycles. The molecule has 0 saturated heterocycles. The van der Waals surface area contributed by atoms with Crippen molar-refractivity contribution in [2.75, 3.05) is 0 Å². The monoisotopic (exact) mass is 380 g/mol. The molecule has 0 radical (unpaired) electrons. The fourth-order valence-corrected chi connectivity index (χ4v) is 2.68. The van der Waals surface area contributed by atoms with Gasteiger partial charge in [0.2, 0.25) is 0 Å². The number of phenols is 1. The average molecular weight is 381 g/mol. The molecule has 1 aromatic rings. The van der Waals surface area contributed by atoms with Gasteiger partial charge in [-0.25, -0.2) is 4.79 Å². The summed E-state index contributed by atoms with van der Waals surface area (Å²) in [6, 6.07) is 2.71. The molecule has 1 aliphatic heterocycles. The van der Waals surface area contributed by atoms with Gasteiger partial charge in [-0.1, -0.05) is 36.8 Å². The second-order valence-corrected chi connectivity index (χ2v) is 6.71. The molecule has 1 aliphatic rings. The molecule has 2 rings (SSSR count). The van der Waals surface area contributed by atoms with Crippen LogP contribution in [-0.4, -0.2) is 45.4 Å². The van der Waals surface area contributed by atoms with Gasteiger partial charge < -0.3 is 20.1 Å². The number of ether oxygens (including phenoxy) is 1. The van der Waals surface area contributed by atoms with Crippen LogP contribution in [0, 0.1) is 5.92 Å². The van der Waals surface area contributed by atoms with Gasteiger partial charge in [0, 0.05) is 10.9 Å². The van der Waals surface area contributed by atoms with E-state index < -0.39 is 30.1 Å². The van der Waals surface area contributed by atoms with E-state index in [1.165, 1.54) is 36.4 Å². The van der Waals surface area contributed by atoms with Crippen molar-refractivity contribution in [3.63, 3.8) is 0 Å². The minimum absolute atomic E-state index is 0.0333. The summed E-state index contributed by atoms with van der Waals surface area (Å²) in [7, 11) is 0. The number of rotatable bonds is 0. The number of ketones is 1. The zero-order chi connectivity index (χ0) is 19.4. The highest BCUT2D eigenvalue weighted by Gasteiger charge is 2.25.